The highest BCUT2D eigenvalue weighted by atomic mass is 32.1. The van der Waals surface area contributed by atoms with E-state index in [9.17, 15) is 0 Å². The Morgan fingerprint density at radius 1 is 1.29 bits per heavy atom. The number of aryl methyl sites for hydroxylation is 1. The zero-order chi connectivity index (χ0) is 14.5. The van der Waals surface area contributed by atoms with Crippen molar-refractivity contribution in [2.75, 3.05) is 6.61 Å². The molecule has 1 aromatic carbocycles. The normalized spacial score (nSPS) is 17.0. The fourth-order valence-corrected chi connectivity index (χ4v) is 3.75. The largest absolute Gasteiger partial charge is 0.479 e. The summed E-state index contributed by atoms with van der Waals surface area (Å²) in [6.45, 7) is 0.957. The van der Waals surface area contributed by atoms with Crippen molar-refractivity contribution in [3.63, 3.8) is 0 Å². The number of rotatable bonds is 5. The van der Waals surface area contributed by atoms with Crippen LogP contribution in [0.5, 0.6) is 5.75 Å². The van der Waals surface area contributed by atoms with E-state index in [1.807, 2.05) is 29.5 Å². The van der Waals surface area contributed by atoms with Crippen LogP contribution in [0.2, 0.25) is 0 Å². The van der Waals surface area contributed by atoms with E-state index in [1.165, 1.54) is 30.4 Å². The number of ether oxygens (including phenoxy) is 1. The summed E-state index contributed by atoms with van der Waals surface area (Å²) in [5.41, 5.74) is 2.72. The van der Waals surface area contributed by atoms with Gasteiger partial charge in [-0.05, 0) is 54.0 Å². The number of hydrogen-bond donors (Lipinski definition) is 1. The van der Waals surface area contributed by atoms with Crippen LogP contribution in [0.4, 0.5) is 0 Å². The summed E-state index contributed by atoms with van der Waals surface area (Å²) < 4.78 is 5.26. The smallest absolute Gasteiger partial charge is 0.174 e. The van der Waals surface area contributed by atoms with E-state index >= 15 is 0 Å². The van der Waals surface area contributed by atoms with Crippen molar-refractivity contribution in [2.45, 2.75) is 31.8 Å². The Labute approximate surface area is 129 Å². The standard InChI is InChI=1S/C17H18N2OS/c18-9-10-20-14-6-4-13(5-7-14)12-19-16-2-1-3-17-15(16)8-11-21-17/h4-8,11,16,19H,1-3,10,12H2. The maximum absolute atomic E-state index is 8.49. The predicted molar refractivity (Wildman–Crippen MR) is 84.4 cm³/mol. The lowest BCUT2D eigenvalue weighted by Crippen LogP contribution is -2.23. The molecule has 0 spiro atoms. The molecule has 2 aromatic rings. The van der Waals surface area contributed by atoms with Crippen LogP contribution in [-0.2, 0) is 13.0 Å². The van der Waals surface area contributed by atoms with E-state index < -0.39 is 0 Å². The molecule has 3 nitrogen and oxygen atoms in total. The summed E-state index contributed by atoms with van der Waals surface area (Å²) in [6, 6.07) is 12.7. The van der Waals surface area contributed by atoms with Gasteiger partial charge in [-0.2, -0.15) is 5.26 Å². The Balaban J connectivity index is 1.58. The summed E-state index contributed by atoms with van der Waals surface area (Å²) in [5, 5.41) is 14.3. The average Bonchev–Trinajstić information content (AvgIpc) is 3.01. The molecule has 108 valence electrons. The van der Waals surface area contributed by atoms with Crippen LogP contribution in [0.15, 0.2) is 35.7 Å². The molecule has 1 heterocycles. The van der Waals surface area contributed by atoms with E-state index in [4.69, 9.17) is 10.00 Å². The molecule has 1 aliphatic carbocycles. The lowest BCUT2D eigenvalue weighted by molar-refractivity contribution is 0.368. The summed E-state index contributed by atoms with van der Waals surface area (Å²) in [4.78, 5) is 1.54. The van der Waals surface area contributed by atoms with Gasteiger partial charge in [0.15, 0.2) is 6.61 Å². The fourth-order valence-electron chi connectivity index (χ4n) is 2.76. The number of benzene rings is 1. The Morgan fingerprint density at radius 2 is 2.14 bits per heavy atom. The van der Waals surface area contributed by atoms with E-state index in [1.54, 1.807) is 4.88 Å². The van der Waals surface area contributed by atoms with Crippen molar-refractivity contribution in [1.29, 1.82) is 5.26 Å². The summed E-state index contributed by atoms with van der Waals surface area (Å²) in [5.74, 6) is 0.748. The first-order valence-electron chi connectivity index (χ1n) is 7.25. The van der Waals surface area contributed by atoms with Crippen LogP contribution >= 0.6 is 11.3 Å². The third kappa shape index (κ3) is 3.44. The van der Waals surface area contributed by atoms with Gasteiger partial charge in [-0.1, -0.05) is 12.1 Å². The van der Waals surface area contributed by atoms with E-state index in [-0.39, 0.29) is 6.61 Å². The van der Waals surface area contributed by atoms with Gasteiger partial charge in [-0.15, -0.1) is 11.3 Å². The maximum atomic E-state index is 8.49. The molecule has 0 fully saturated rings. The third-order valence-electron chi connectivity index (χ3n) is 3.83. The highest BCUT2D eigenvalue weighted by Gasteiger charge is 2.20. The van der Waals surface area contributed by atoms with Gasteiger partial charge in [0.2, 0.25) is 0 Å². The van der Waals surface area contributed by atoms with Crippen LogP contribution in [-0.4, -0.2) is 6.61 Å². The Morgan fingerprint density at radius 3 is 2.95 bits per heavy atom. The summed E-state index contributed by atoms with van der Waals surface area (Å²) in [6.07, 6.45) is 3.72. The predicted octanol–water partition coefficient (Wildman–Crippen LogP) is 3.82. The van der Waals surface area contributed by atoms with E-state index in [0.29, 0.717) is 6.04 Å². The first kappa shape index (κ1) is 14.1. The van der Waals surface area contributed by atoms with Crippen LogP contribution in [0.25, 0.3) is 0 Å². The van der Waals surface area contributed by atoms with Gasteiger partial charge >= 0.3 is 0 Å². The van der Waals surface area contributed by atoms with Crippen molar-refractivity contribution in [2.24, 2.45) is 0 Å². The zero-order valence-electron chi connectivity index (χ0n) is 11.8. The number of nitriles is 1. The molecule has 1 unspecified atom stereocenters. The Kier molecular flexibility index (Phi) is 4.54. The second-order valence-electron chi connectivity index (χ2n) is 5.22. The fraction of sp³-hybridized carbons (Fsp3) is 0.353. The van der Waals surface area contributed by atoms with Crippen LogP contribution in [0, 0.1) is 11.3 Å². The van der Waals surface area contributed by atoms with Crippen LogP contribution in [0.3, 0.4) is 0 Å². The molecule has 21 heavy (non-hydrogen) atoms. The number of fused-ring (bicyclic) bond motifs is 1. The van der Waals surface area contributed by atoms with Crippen molar-refractivity contribution < 1.29 is 4.74 Å². The topological polar surface area (TPSA) is 45.0 Å². The molecule has 0 saturated heterocycles. The van der Waals surface area contributed by atoms with Crippen LogP contribution in [0.1, 0.15) is 34.9 Å². The third-order valence-corrected chi connectivity index (χ3v) is 4.83. The van der Waals surface area contributed by atoms with Gasteiger partial charge in [-0.3, -0.25) is 0 Å². The second-order valence-corrected chi connectivity index (χ2v) is 6.22. The summed E-state index contributed by atoms with van der Waals surface area (Å²) >= 11 is 1.88. The molecule has 1 N–H and O–H groups in total. The second kappa shape index (κ2) is 6.75. The Hall–Kier alpha value is -1.83. The van der Waals surface area contributed by atoms with Crippen LogP contribution < -0.4 is 10.1 Å². The van der Waals surface area contributed by atoms with Gasteiger partial charge in [0, 0.05) is 17.5 Å². The highest BCUT2D eigenvalue weighted by Crippen LogP contribution is 2.33. The molecule has 4 heteroatoms. The van der Waals surface area contributed by atoms with Gasteiger partial charge in [0.1, 0.15) is 11.8 Å². The molecule has 3 rings (SSSR count). The monoisotopic (exact) mass is 298 g/mol. The van der Waals surface area contributed by atoms with Gasteiger partial charge < -0.3 is 10.1 Å². The average molecular weight is 298 g/mol. The molecule has 0 amide bonds. The van der Waals surface area contributed by atoms with Gasteiger partial charge in [0.25, 0.3) is 0 Å². The number of nitrogens with one attached hydrogen (secondary N) is 1. The number of hydrogen-bond acceptors (Lipinski definition) is 4. The molecule has 1 atom stereocenters. The number of thiophene rings is 1. The zero-order valence-corrected chi connectivity index (χ0v) is 12.7. The van der Waals surface area contributed by atoms with Crippen molar-refractivity contribution >= 4 is 11.3 Å². The Bertz CT molecular complexity index is 627. The highest BCUT2D eigenvalue weighted by molar-refractivity contribution is 7.10. The first-order chi connectivity index (χ1) is 10.4. The molecule has 0 bridgehead atoms. The molecule has 1 aromatic heterocycles. The van der Waals surface area contributed by atoms with E-state index in [0.717, 1.165) is 12.3 Å². The minimum Gasteiger partial charge on any atom is -0.479 e. The lowest BCUT2D eigenvalue weighted by Gasteiger charge is -2.24. The quantitative estimate of drug-likeness (QED) is 0.912. The lowest BCUT2D eigenvalue weighted by atomic mass is 9.94. The molecule has 0 saturated carbocycles. The molecule has 1 aliphatic rings. The molecular formula is C17H18N2OS. The molecule has 0 aliphatic heterocycles. The van der Waals surface area contributed by atoms with E-state index in [2.05, 4.69) is 28.9 Å². The maximum Gasteiger partial charge on any atom is 0.174 e. The van der Waals surface area contributed by atoms with Crippen molar-refractivity contribution in [3.05, 3.63) is 51.7 Å². The molecule has 0 radical (unpaired) electrons. The minimum atomic E-state index is 0.0978. The SMILES string of the molecule is N#CCOc1ccc(CNC2CCCc3sccc32)cc1. The van der Waals surface area contributed by atoms with Gasteiger partial charge in [0.05, 0.1) is 0 Å². The van der Waals surface area contributed by atoms with Crippen molar-refractivity contribution in [3.8, 4) is 11.8 Å². The first-order valence-corrected chi connectivity index (χ1v) is 8.13. The summed E-state index contributed by atoms with van der Waals surface area (Å²) in [7, 11) is 0. The van der Waals surface area contributed by atoms with Crippen molar-refractivity contribution in [1.82, 2.24) is 5.32 Å². The number of nitrogens with zero attached hydrogens (tertiary/aromatic N) is 1. The van der Waals surface area contributed by atoms with Gasteiger partial charge in [-0.25, -0.2) is 0 Å². The molecular weight excluding hydrogens is 280 g/mol. The minimum absolute atomic E-state index is 0.0978.